The fourth-order valence-electron chi connectivity index (χ4n) is 2.36. The van der Waals surface area contributed by atoms with Crippen LogP contribution in [0.4, 0.5) is 0 Å². The zero-order valence-corrected chi connectivity index (χ0v) is 8.15. The molecule has 2 rings (SSSR count). The summed E-state index contributed by atoms with van der Waals surface area (Å²) in [6.07, 6.45) is 2.58. The van der Waals surface area contributed by atoms with Gasteiger partial charge in [-0.05, 0) is 49.3 Å². The lowest BCUT2D eigenvalue weighted by Gasteiger charge is -2.04. The molecule has 0 bridgehead atoms. The van der Waals surface area contributed by atoms with Crippen molar-refractivity contribution in [3.05, 3.63) is 34.4 Å². The molecule has 0 heteroatoms. The summed E-state index contributed by atoms with van der Waals surface area (Å²) in [5.41, 5.74) is 6.13. The Bertz CT molecular complexity index is 310. The average Bonchev–Trinajstić information content (AvgIpc) is 2.29. The third-order valence-corrected chi connectivity index (χ3v) is 2.83. The number of hydrogen-bond acceptors (Lipinski definition) is 0. The van der Waals surface area contributed by atoms with Crippen LogP contribution in [0.3, 0.4) is 0 Å². The quantitative estimate of drug-likeness (QED) is 0.547. The van der Waals surface area contributed by atoms with Crippen molar-refractivity contribution >= 4 is 0 Å². The zero-order valence-electron chi connectivity index (χ0n) is 8.15. The molecule has 0 saturated carbocycles. The van der Waals surface area contributed by atoms with Gasteiger partial charge in [0.25, 0.3) is 0 Å². The molecule has 64 valence electrons. The topological polar surface area (TPSA) is 0 Å². The molecule has 0 aromatic heterocycles. The summed E-state index contributed by atoms with van der Waals surface area (Å²) in [7, 11) is 0. The summed E-state index contributed by atoms with van der Waals surface area (Å²) in [6, 6.07) is 4.66. The van der Waals surface area contributed by atoms with E-state index in [0.29, 0.717) is 0 Å². The average molecular weight is 160 g/mol. The smallest absolute Gasteiger partial charge is 0.0244 e. The molecule has 1 atom stereocenters. The summed E-state index contributed by atoms with van der Waals surface area (Å²) in [5.74, 6) is 0.862. The van der Waals surface area contributed by atoms with Crippen LogP contribution in [0.5, 0.6) is 0 Å². The minimum absolute atomic E-state index is 0.862. The number of hydrogen-bond donors (Lipinski definition) is 0. The highest BCUT2D eigenvalue weighted by molar-refractivity contribution is 5.41. The second-order valence-electron chi connectivity index (χ2n) is 4.23. The first-order valence-corrected chi connectivity index (χ1v) is 4.76. The molecule has 1 aliphatic rings. The van der Waals surface area contributed by atoms with Gasteiger partial charge in [0.2, 0.25) is 0 Å². The second kappa shape index (κ2) is 2.62. The first-order chi connectivity index (χ1) is 5.66. The van der Waals surface area contributed by atoms with E-state index in [9.17, 15) is 0 Å². The van der Waals surface area contributed by atoms with Crippen molar-refractivity contribution in [3.8, 4) is 0 Å². The van der Waals surface area contributed by atoms with Crippen molar-refractivity contribution < 1.29 is 0 Å². The normalized spacial score (nSPS) is 21.1. The minimum Gasteiger partial charge on any atom is -0.0619 e. The van der Waals surface area contributed by atoms with E-state index in [1.54, 1.807) is 11.1 Å². The minimum atomic E-state index is 0.862. The van der Waals surface area contributed by atoms with Crippen LogP contribution in [0, 0.1) is 19.8 Å². The SMILES string of the molecule is Cc1cc(C)c2c(c1)CC(C)C2. The van der Waals surface area contributed by atoms with E-state index in [0.717, 1.165) is 5.92 Å². The largest absolute Gasteiger partial charge is 0.0619 e. The van der Waals surface area contributed by atoms with Gasteiger partial charge in [-0.25, -0.2) is 0 Å². The van der Waals surface area contributed by atoms with Crippen LogP contribution >= 0.6 is 0 Å². The molecule has 0 heterocycles. The molecule has 0 N–H and O–H groups in total. The van der Waals surface area contributed by atoms with E-state index in [-0.39, 0.29) is 0 Å². The van der Waals surface area contributed by atoms with E-state index in [1.165, 1.54) is 24.0 Å². The van der Waals surface area contributed by atoms with Crippen LogP contribution in [0.2, 0.25) is 0 Å². The Labute approximate surface area is 74.6 Å². The van der Waals surface area contributed by atoms with Gasteiger partial charge in [-0.15, -0.1) is 0 Å². The predicted octanol–water partition coefficient (Wildman–Crippen LogP) is 3.04. The Morgan fingerprint density at radius 1 is 1.17 bits per heavy atom. The van der Waals surface area contributed by atoms with Gasteiger partial charge >= 0.3 is 0 Å². The number of rotatable bonds is 0. The van der Waals surface area contributed by atoms with Crippen molar-refractivity contribution in [2.45, 2.75) is 33.6 Å². The Balaban J connectivity index is 2.52. The lowest BCUT2D eigenvalue weighted by Crippen LogP contribution is -1.90. The number of benzene rings is 1. The van der Waals surface area contributed by atoms with Gasteiger partial charge in [-0.3, -0.25) is 0 Å². The van der Waals surface area contributed by atoms with E-state index >= 15 is 0 Å². The van der Waals surface area contributed by atoms with Crippen molar-refractivity contribution in [3.63, 3.8) is 0 Å². The highest BCUT2D eigenvalue weighted by Gasteiger charge is 2.18. The van der Waals surface area contributed by atoms with E-state index in [2.05, 4.69) is 32.9 Å². The Morgan fingerprint density at radius 3 is 2.67 bits per heavy atom. The molecule has 0 amide bonds. The molecule has 1 aromatic rings. The molecular weight excluding hydrogens is 144 g/mol. The van der Waals surface area contributed by atoms with Crippen LogP contribution in [0.1, 0.15) is 29.2 Å². The van der Waals surface area contributed by atoms with Gasteiger partial charge in [-0.1, -0.05) is 24.6 Å². The summed E-state index contributed by atoms with van der Waals surface area (Å²) in [5, 5.41) is 0. The fraction of sp³-hybridized carbons (Fsp3) is 0.500. The van der Waals surface area contributed by atoms with Crippen molar-refractivity contribution in [1.82, 2.24) is 0 Å². The highest BCUT2D eigenvalue weighted by Crippen LogP contribution is 2.29. The summed E-state index contributed by atoms with van der Waals surface area (Å²) in [4.78, 5) is 0. The molecular formula is C12H16. The Hall–Kier alpha value is -0.780. The van der Waals surface area contributed by atoms with Crippen molar-refractivity contribution in [1.29, 1.82) is 0 Å². The van der Waals surface area contributed by atoms with Crippen molar-refractivity contribution in [2.75, 3.05) is 0 Å². The summed E-state index contributed by atoms with van der Waals surface area (Å²) >= 11 is 0. The molecule has 1 unspecified atom stereocenters. The predicted molar refractivity (Wildman–Crippen MR) is 52.5 cm³/mol. The third-order valence-electron chi connectivity index (χ3n) is 2.83. The molecule has 12 heavy (non-hydrogen) atoms. The molecule has 0 radical (unpaired) electrons. The zero-order chi connectivity index (χ0) is 8.72. The molecule has 1 aliphatic carbocycles. The molecule has 0 saturated heterocycles. The Morgan fingerprint density at radius 2 is 1.92 bits per heavy atom. The highest BCUT2D eigenvalue weighted by atomic mass is 14.2. The Kier molecular flexibility index (Phi) is 1.71. The maximum Gasteiger partial charge on any atom is -0.0244 e. The number of fused-ring (bicyclic) bond motifs is 1. The second-order valence-corrected chi connectivity index (χ2v) is 4.23. The first-order valence-electron chi connectivity index (χ1n) is 4.76. The fourth-order valence-corrected chi connectivity index (χ4v) is 2.36. The molecule has 1 aromatic carbocycles. The van der Waals surface area contributed by atoms with Gasteiger partial charge in [0.15, 0.2) is 0 Å². The molecule has 0 nitrogen and oxygen atoms in total. The molecule has 0 spiro atoms. The van der Waals surface area contributed by atoms with Crippen LogP contribution in [0.15, 0.2) is 12.1 Å². The lowest BCUT2D eigenvalue weighted by atomic mass is 10.0. The monoisotopic (exact) mass is 160 g/mol. The van der Waals surface area contributed by atoms with Crippen molar-refractivity contribution in [2.24, 2.45) is 5.92 Å². The van der Waals surface area contributed by atoms with E-state index in [4.69, 9.17) is 0 Å². The standard InChI is InChI=1S/C12H16/c1-8-4-10(3)12-7-9(2)6-11(12)5-8/h4-5,9H,6-7H2,1-3H3. The summed E-state index contributed by atoms with van der Waals surface area (Å²) < 4.78 is 0. The molecule has 0 fully saturated rings. The maximum atomic E-state index is 2.35. The first kappa shape index (κ1) is 7.85. The van der Waals surface area contributed by atoms with Gasteiger partial charge in [0, 0.05) is 0 Å². The van der Waals surface area contributed by atoms with Crippen LogP contribution < -0.4 is 0 Å². The van der Waals surface area contributed by atoms with Gasteiger partial charge < -0.3 is 0 Å². The molecule has 0 aliphatic heterocycles. The van der Waals surface area contributed by atoms with Gasteiger partial charge in [0.1, 0.15) is 0 Å². The summed E-state index contributed by atoms with van der Waals surface area (Å²) in [6.45, 7) is 6.77. The van der Waals surface area contributed by atoms with Gasteiger partial charge in [-0.2, -0.15) is 0 Å². The maximum absolute atomic E-state index is 2.35. The third kappa shape index (κ3) is 1.16. The van der Waals surface area contributed by atoms with Crippen LogP contribution in [-0.2, 0) is 12.8 Å². The van der Waals surface area contributed by atoms with E-state index < -0.39 is 0 Å². The van der Waals surface area contributed by atoms with Crippen LogP contribution in [-0.4, -0.2) is 0 Å². The number of aryl methyl sites for hydroxylation is 2. The van der Waals surface area contributed by atoms with Crippen LogP contribution in [0.25, 0.3) is 0 Å². The lowest BCUT2D eigenvalue weighted by molar-refractivity contribution is 0.627. The van der Waals surface area contributed by atoms with E-state index in [1.807, 2.05) is 0 Å². The van der Waals surface area contributed by atoms with Gasteiger partial charge in [0.05, 0.1) is 0 Å².